The average molecular weight is 226 g/mol. The van der Waals surface area contributed by atoms with Gasteiger partial charge in [0, 0.05) is 13.7 Å². The molecule has 2 N–H and O–H groups in total. The van der Waals surface area contributed by atoms with Gasteiger partial charge in [-0.2, -0.15) is 5.26 Å². The zero-order valence-electron chi connectivity index (χ0n) is 10.2. The molecule has 0 aliphatic heterocycles. The molecule has 16 heavy (non-hydrogen) atoms. The van der Waals surface area contributed by atoms with Crippen LogP contribution in [0.25, 0.3) is 0 Å². The van der Waals surface area contributed by atoms with Crippen molar-refractivity contribution in [3.63, 3.8) is 0 Å². The van der Waals surface area contributed by atoms with Crippen LogP contribution in [-0.2, 0) is 9.47 Å². The van der Waals surface area contributed by atoms with Crippen molar-refractivity contribution in [2.24, 2.45) is 11.7 Å². The fraction of sp³-hybridized carbons (Fsp3) is 0.917. The van der Waals surface area contributed by atoms with Crippen molar-refractivity contribution >= 4 is 0 Å². The molecular formula is C12H22N2O2. The lowest BCUT2D eigenvalue weighted by Crippen LogP contribution is -2.42. The van der Waals surface area contributed by atoms with Gasteiger partial charge in [-0.3, -0.25) is 0 Å². The summed E-state index contributed by atoms with van der Waals surface area (Å²) in [4.78, 5) is 0. The van der Waals surface area contributed by atoms with Crippen molar-refractivity contribution in [1.82, 2.24) is 0 Å². The molecule has 0 aromatic rings. The van der Waals surface area contributed by atoms with Crippen molar-refractivity contribution < 1.29 is 9.47 Å². The van der Waals surface area contributed by atoms with E-state index in [1.54, 1.807) is 7.11 Å². The Morgan fingerprint density at radius 3 is 3.00 bits per heavy atom. The predicted molar refractivity (Wildman–Crippen MR) is 61.8 cm³/mol. The zero-order valence-corrected chi connectivity index (χ0v) is 10.2. The van der Waals surface area contributed by atoms with Gasteiger partial charge in [0.15, 0.2) is 0 Å². The minimum Gasteiger partial charge on any atom is -0.382 e. The van der Waals surface area contributed by atoms with Crippen LogP contribution in [0.2, 0.25) is 0 Å². The molecule has 0 radical (unpaired) electrons. The molecule has 92 valence electrons. The van der Waals surface area contributed by atoms with Crippen molar-refractivity contribution in [1.29, 1.82) is 5.26 Å². The molecule has 1 fully saturated rings. The van der Waals surface area contributed by atoms with Gasteiger partial charge in [0.25, 0.3) is 0 Å². The highest BCUT2D eigenvalue weighted by atomic mass is 16.5. The van der Waals surface area contributed by atoms with Gasteiger partial charge in [-0.1, -0.05) is 6.42 Å². The van der Waals surface area contributed by atoms with Crippen LogP contribution >= 0.6 is 0 Å². The molecule has 0 aromatic heterocycles. The summed E-state index contributed by atoms with van der Waals surface area (Å²) in [5, 5.41) is 9.05. The predicted octanol–water partition coefficient (Wildman–Crippen LogP) is 1.45. The lowest BCUT2D eigenvalue weighted by atomic mass is 9.87. The van der Waals surface area contributed by atoms with Gasteiger partial charge in [-0.25, -0.2) is 0 Å². The minimum absolute atomic E-state index is 0.112. The molecule has 0 heterocycles. The fourth-order valence-corrected chi connectivity index (χ4v) is 2.35. The Kier molecular flexibility index (Phi) is 5.20. The van der Waals surface area contributed by atoms with Gasteiger partial charge < -0.3 is 15.2 Å². The van der Waals surface area contributed by atoms with Crippen LogP contribution in [0.3, 0.4) is 0 Å². The van der Waals surface area contributed by atoms with Gasteiger partial charge in [-0.15, -0.1) is 0 Å². The minimum atomic E-state index is -0.617. The molecule has 0 saturated heterocycles. The number of nitrogens with two attached hydrogens (primary N) is 1. The first-order chi connectivity index (χ1) is 7.62. The molecule has 3 unspecified atom stereocenters. The summed E-state index contributed by atoms with van der Waals surface area (Å²) in [5.74, 6) is 0.284. The van der Waals surface area contributed by atoms with E-state index in [0.29, 0.717) is 13.2 Å². The summed E-state index contributed by atoms with van der Waals surface area (Å²) < 4.78 is 10.6. The first kappa shape index (κ1) is 13.4. The lowest BCUT2D eigenvalue weighted by molar-refractivity contribution is 0.00259. The van der Waals surface area contributed by atoms with E-state index in [1.165, 1.54) is 0 Å². The summed E-state index contributed by atoms with van der Waals surface area (Å²) in [7, 11) is 1.66. The van der Waals surface area contributed by atoms with Crippen LogP contribution in [-0.4, -0.2) is 32.0 Å². The van der Waals surface area contributed by atoms with Crippen molar-refractivity contribution in [2.75, 3.05) is 20.3 Å². The smallest absolute Gasteiger partial charge is 0.107 e. The van der Waals surface area contributed by atoms with Gasteiger partial charge in [0.1, 0.15) is 5.54 Å². The summed E-state index contributed by atoms with van der Waals surface area (Å²) in [6, 6.07) is 2.25. The molecule has 0 aromatic carbocycles. The van der Waals surface area contributed by atoms with Crippen molar-refractivity contribution in [3.8, 4) is 6.07 Å². The number of nitriles is 1. The molecule has 1 saturated carbocycles. The molecular weight excluding hydrogens is 204 g/mol. The Balaban J connectivity index is 2.25. The van der Waals surface area contributed by atoms with E-state index in [-0.39, 0.29) is 12.0 Å². The Bertz CT molecular complexity index is 252. The van der Waals surface area contributed by atoms with E-state index < -0.39 is 5.54 Å². The van der Waals surface area contributed by atoms with Crippen LogP contribution in [0.4, 0.5) is 0 Å². The standard InChI is InChI=1S/C12H22N2O2/c1-10(8-15-2)16-7-5-11-4-3-6-12(11,14)9-13/h10-11H,3-8,14H2,1-2H3. The number of nitrogens with zero attached hydrogens (tertiary/aromatic N) is 1. The van der Waals surface area contributed by atoms with E-state index in [9.17, 15) is 0 Å². The number of hydrogen-bond acceptors (Lipinski definition) is 4. The van der Waals surface area contributed by atoms with Gasteiger partial charge >= 0.3 is 0 Å². The van der Waals surface area contributed by atoms with Gasteiger partial charge in [-0.05, 0) is 32.1 Å². The highest BCUT2D eigenvalue weighted by Gasteiger charge is 2.39. The highest BCUT2D eigenvalue weighted by Crippen LogP contribution is 2.35. The molecule has 3 atom stereocenters. The number of ether oxygens (including phenoxy) is 2. The fourth-order valence-electron chi connectivity index (χ4n) is 2.35. The molecule has 0 amide bonds. The topological polar surface area (TPSA) is 68.3 Å². The van der Waals surface area contributed by atoms with Crippen LogP contribution in [0, 0.1) is 17.2 Å². The Morgan fingerprint density at radius 2 is 2.38 bits per heavy atom. The largest absolute Gasteiger partial charge is 0.382 e. The van der Waals surface area contributed by atoms with E-state index in [4.69, 9.17) is 20.5 Å². The van der Waals surface area contributed by atoms with E-state index in [0.717, 1.165) is 25.7 Å². The summed E-state index contributed by atoms with van der Waals surface area (Å²) >= 11 is 0. The second-order valence-corrected chi connectivity index (χ2v) is 4.67. The molecule has 4 heteroatoms. The Hall–Kier alpha value is -0.630. The molecule has 1 aliphatic rings. The number of methoxy groups -OCH3 is 1. The summed E-state index contributed by atoms with van der Waals surface area (Å²) in [5.41, 5.74) is 5.42. The molecule has 4 nitrogen and oxygen atoms in total. The second-order valence-electron chi connectivity index (χ2n) is 4.67. The van der Waals surface area contributed by atoms with Crippen LogP contribution in [0.5, 0.6) is 0 Å². The zero-order chi connectivity index (χ0) is 12.0. The average Bonchev–Trinajstić information content (AvgIpc) is 2.62. The van der Waals surface area contributed by atoms with E-state index in [2.05, 4.69) is 6.07 Å². The van der Waals surface area contributed by atoms with Crippen LogP contribution in [0.1, 0.15) is 32.6 Å². The molecule has 0 bridgehead atoms. The van der Waals surface area contributed by atoms with Crippen molar-refractivity contribution in [2.45, 2.75) is 44.2 Å². The first-order valence-corrected chi connectivity index (χ1v) is 5.93. The lowest BCUT2D eigenvalue weighted by Gasteiger charge is -2.24. The third-order valence-corrected chi connectivity index (χ3v) is 3.35. The molecule has 1 rings (SSSR count). The van der Waals surface area contributed by atoms with Crippen LogP contribution < -0.4 is 5.73 Å². The van der Waals surface area contributed by atoms with Crippen LogP contribution in [0.15, 0.2) is 0 Å². The van der Waals surface area contributed by atoms with Gasteiger partial charge in [0.05, 0.1) is 18.8 Å². The highest BCUT2D eigenvalue weighted by molar-refractivity contribution is 5.11. The monoisotopic (exact) mass is 226 g/mol. The maximum atomic E-state index is 9.05. The maximum absolute atomic E-state index is 9.05. The Morgan fingerprint density at radius 1 is 1.62 bits per heavy atom. The van der Waals surface area contributed by atoms with E-state index >= 15 is 0 Å². The quantitative estimate of drug-likeness (QED) is 0.744. The second kappa shape index (κ2) is 6.19. The molecule has 0 spiro atoms. The molecule has 1 aliphatic carbocycles. The Labute approximate surface area is 97.7 Å². The summed E-state index contributed by atoms with van der Waals surface area (Å²) in [6.07, 6.45) is 3.91. The first-order valence-electron chi connectivity index (χ1n) is 5.93. The summed E-state index contributed by atoms with van der Waals surface area (Å²) in [6.45, 7) is 3.25. The number of hydrogen-bond donors (Lipinski definition) is 1. The van der Waals surface area contributed by atoms with Crippen molar-refractivity contribution in [3.05, 3.63) is 0 Å². The normalized spacial score (nSPS) is 31.2. The van der Waals surface area contributed by atoms with Gasteiger partial charge in [0.2, 0.25) is 0 Å². The third kappa shape index (κ3) is 3.44. The SMILES string of the molecule is COCC(C)OCCC1CCCC1(N)C#N. The maximum Gasteiger partial charge on any atom is 0.107 e. The third-order valence-electron chi connectivity index (χ3n) is 3.35. The number of rotatable bonds is 6. The van der Waals surface area contributed by atoms with E-state index in [1.807, 2.05) is 6.92 Å².